The molecule has 0 radical (unpaired) electrons. The molecule has 0 amide bonds. The predicted octanol–water partition coefficient (Wildman–Crippen LogP) is 8.69. The number of thiophene rings is 2. The Labute approximate surface area is 190 Å². The van der Waals surface area contributed by atoms with Crippen molar-refractivity contribution < 1.29 is 0 Å². The lowest BCUT2D eigenvalue weighted by Crippen LogP contribution is -1.90. The highest BCUT2D eigenvalue weighted by Gasteiger charge is 2.16. The molecule has 7 aromatic rings. The zero-order valence-electron chi connectivity index (χ0n) is 16.1. The Hall–Kier alpha value is -3.05. The Morgan fingerprint density at radius 3 is 2.35 bits per heavy atom. The molecule has 0 bridgehead atoms. The molecule has 3 heterocycles. The third kappa shape index (κ3) is 2.56. The average Bonchev–Trinajstić information content (AvgIpc) is 3.37. The maximum Gasteiger partial charge on any atom is 0.162 e. The van der Waals surface area contributed by atoms with Crippen LogP contribution in [-0.2, 0) is 0 Å². The van der Waals surface area contributed by atoms with Crippen molar-refractivity contribution in [1.82, 2.24) is 9.97 Å². The summed E-state index contributed by atoms with van der Waals surface area (Å²) in [6.45, 7) is 0. The van der Waals surface area contributed by atoms with E-state index in [4.69, 9.17) is 21.6 Å². The van der Waals surface area contributed by atoms with Crippen LogP contribution in [0.1, 0.15) is 0 Å². The molecule has 0 N–H and O–H groups in total. The molecule has 0 unspecified atom stereocenters. The normalized spacial score (nSPS) is 12.0. The summed E-state index contributed by atoms with van der Waals surface area (Å²) >= 11 is 10.2. The van der Waals surface area contributed by atoms with E-state index >= 15 is 0 Å². The van der Waals surface area contributed by atoms with E-state index in [0.717, 1.165) is 21.2 Å². The summed E-state index contributed by atoms with van der Waals surface area (Å²) in [4.78, 5) is 10.6. The third-order valence-corrected chi connectivity index (χ3v) is 8.27. The van der Waals surface area contributed by atoms with Gasteiger partial charge in [-0.2, -0.15) is 0 Å². The summed E-state index contributed by atoms with van der Waals surface area (Å²) < 4.78 is 3.71. The zero-order chi connectivity index (χ0) is 20.5. The van der Waals surface area contributed by atoms with Crippen molar-refractivity contribution >= 4 is 85.5 Å². The van der Waals surface area contributed by atoms with Crippen LogP contribution in [0.2, 0.25) is 5.15 Å². The van der Waals surface area contributed by atoms with Gasteiger partial charge in [0.05, 0.1) is 5.39 Å². The van der Waals surface area contributed by atoms with Crippen molar-refractivity contribution in [3.05, 3.63) is 84.0 Å². The fourth-order valence-corrected chi connectivity index (χ4v) is 6.95. The summed E-state index contributed by atoms with van der Waals surface area (Å²) in [5, 5.41) is 7.56. The van der Waals surface area contributed by atoms with Gasteiger partial charge < -0.3 is 0 Å². The van der Waals surface area contributed by atoms with Gasteiger partial charge in [0.25, 0.3) is 0 Å². The van der Waals surface area contributed by atoms with E-state index < -0.39 is 0 Å². The van der Waals surface area contributed by atoms with Crippen LogP contribution in [0, 0.1) is 0 Å². The van der Waals surface area contributed by atoms with Gasteiger partial charge in [0.1, 0.15) is 9.98 Å². The van der Waals surface area contributed by atoms with Gasteiger partial charge in [0, 0.05) is 35.8 Å². The van der Waals surface area contributed by atoms with E-state index in [-0.39, 0.29) is 0 Å². The van der Waals surface area contributed by atoms with Crippen molar-refractivity contribution in [1.29, 1.82) is 0 Å². The van der Waals surface area contributed by atoms with Gasteiger partial charge in [-0.15, -0.1) is 22.7 Å². The monoisotopic (exact) mass is 452 g/mol. The lowest BCUT2D eigenvalue weighted by Gasteiger charge is -2.04. The van der Waals surface area contributed by atoms with Crippen molar-refractivity contribution in [3.63, 3.8) is 0 Å². The Morgan fingerprint density at radius 1 is 0.613 bits per heavy atom. The molecule has 0 saturated heterocycles. The molecular weight excluding hydrogens is 440 g/mol. The second-order valence-corrected chi connectivity index (χ2v) is 10.1. The maximum absolute atomic E-state index is 6.77. The number of benzene rings is 4. The molecule has 7 rings (SSSR count). The SMILES string of the molecule is Clc1nc(-c2ccc3c(c2)sc2ccccc23)nc2sc3ccc4ccccc4c3c12. The second-order valence-electron chi connectivity index (χ2n) is 7.59. The number of rotatable bonds is 1. The minimum Gasteiger partial charge on any atom is -0.217 e. The third-order valence-electron chi connectivity index (χ3n) is 5.82. The van der Waals surface area contributed by atoms with E-state index in [1.54, 1.807) is 22.7 Å². The van der Waals surface area contributed by atoms with Crippen molar-refractivity contribution in [3.8, 4) is 11.4 Å². The molecule has 3 aromatic heterocycles. The standard InChI is InChI=1S/C26H13ClN2S2/c27-24-23-22-16-6-2-1-5-14(16)10-12-20(22)31-26(23)29-25(28-24)15-9-11-18-17-7-3-4-8-19(17)30-21(18)13-15/h1-13H. The first-order valence-electron chi connectivity index (χ1n) is 9.95. The highest BCUT2D eigenvalue weighted by Crippen LogP contribution is 2.42. The first kappa shape index (κ1) is 17.6. The average molecular weight is 453 g/mol. The molecule has 31 heavy (non-hydrogen) atoms. The summed E-state index contributed by atoms with van der Waals surface area (Å²) in [6, 6.07) is 27.7. The number of hydrogen-bond acceptors (Lipinski definition) is 4. The number of nitrogens with zero attached hydrogens (tertiary/aromatic N) is 2. The summed E-state index contributed by atoms with van der Waals surface area (Å²) in [5.74, 6) is 0.674. The van der Waals surface area contributed by atoms with Gasteiger partial charge in [-0.1, -0.05) is 72.3 Å². The highest BCUT2D eigenvalue weighted by molar-refractivity contribution is 7.26. The molecule has 146 valence electrons. The maximum atomic E-state index is 6.77. The molecule has 0 fully saturated rings. The Kier molecular flexibility index (Phi) is 3.68. The van der Waals surface area contributed by atoms with Crippen LogP contribution in [0.15, 0.2) is 78.9 Å². The first-order valence-corrected chi connectivity index (χ1v) is 12.0. The van der Waals surface area contributed by atoms with Gasteiger partial charge in [-0.05, 0) is 29.0 Å². The zero-order valence-corrected chi connectivity index (χ0v) is 18.5. The molecule has 0 aliphatic rings. The summed E-state index contributed by atoms with van der Waals surface area (Å²) in [5.41, 5.74) is 0.991. The molecular formula is C26H13ClN2S2. The Bertz CT molecular complexity index is 1810. The van der Waals surface area contributed by atoms with Gasteiger partial charge in [-0.25, -0.2) is 9.97 Å². The van der Waals surface area contributed by atoms with Crippen LogP contribution in [0.25, 0.3) is 62.6 Å². The predicted molar refractivity (Wildman–Crippen MR) is 136 cm³/mol. The fourth-order valence-electron chi connectivity index (χ4n) is 4.39. The van der Waals surface area contributed by atoms with Crippen LogP contribution in [0.3, 0.4) is 0 Å². The van der Waals surface area contributed by atoms with Crippen LogP contribution in [0.5, 0.6) is 0 Å². The highest BCUT2D eigenvalue weighted by atomic mass is 35.5. The minimum atomic E-state index is 0.513. The largest absolute Gasteiger partial charge is 0.217 e. The van der Waals surface area contributed by atoms with Crippen LogP contribution >= 0.6 is 34.3 Å². The quantitative estimate of drug-likeness (QED) is 0.233. The molecule has 0 aliphatic carbocycles. The van der Waals surface area contributed by atoms with E-state index in [1.165, 1.54) is 35.6 Å². The minimum absolute atomic E-state index is 0.513. The number of aromatic nitrogens is 2. The summed E-state index contributed by atoms with van der Waals surface area (Å²) in [6.07, 6.45) is 0. The van der Waals surface area contributed by atoms with Crippen molar-refractivity contribution in [2.24, 2.45) is 0 Å². The Balaban J connectivity index is 1.49. The van der Waals surface area contributed by atoms with Crippen LogP contribution in [-0.4, -0.2) is 9.97 Å². The number of halogens is 1. The van der Waals surface area contributed by atoms with E-state index in [2.05, 4.69) is 78.9 Å². The van der Waals surface area contributed by atoms with Crippen LogP contribution < -0.4 is 0 Å². The van der Waals surface area contributed by atoms with E-state index in [0.29, 0.717) is 11.0 Å². The van der Waals surface area contributed by atoms with Gasteiger partial charge in [-0.3, -0.25) is 0 Å². The van der Waals surface area contributed by atoms with E-state index in [1.807, 2.05) is 0 Å². The van der Waals surface area contributed by atoms with Gasteiger partial charge >= 0.3 is 0 Å². The number of hydrogen-bond donors (Lipinski definition) is 0. The lowest BCUT2D eigenvalue weighted by molar-refractivity contribution is 1.24. The smallest absolute Gasteiger partial charge is 0.162 e. The van der Waals surface area contributed by atoms with Gasteiger partial charge in [0.15, 0.2) is 5.82 Å². The van der Waals surface area contributed by atoms with Crippen LogP contribution in [0.4, 0.5) is 0 Å². The molecule has 2 nitrogen and oxygen atoms in total. The number of fused-ring (bicyclic) bond motifs is 8. The molecule has 0 atom stereocenters. The lowest BCUT2D eigenvalue weighted by atomic mass is 10.1. The van der Waals surface area contributed by atoms with Crippen molar-refractivity contribution in [2.45, 2.75) is 0 Å². The topological polar surface area (TPSA) is 25.8 Å². The molecule has 0 spiro atoms. The van der Waals surface area contributed by atoms with Crippen molar-refractivity contribution in [2.75, 3.05) is 0 Å². The molecule has 0 saturated carbocycles. The van der Waals surface area contributed by atoms with Gasteiger partial charge in [0.2, 0.25) is 0 Å². The molecule has 5 heteroatoms. The first-order chi connectivity index (χ1) is 15.3. The second kappa shape index (κ2) is 6.47. The van der Waals surface area contributed by atoms with E-state index in [9.17, 15) is 0 Å². The fraction of sp³-hybridized carbons (Fsp3) is 0. The molecule has 4 aromatic carbocycles. The Morgan fingerprint density at radius 2 is 1.42 bits per heavy atom. The molecule has 0 aliphatic heterocycles. The summed E-state index contributed by atoms with van der Waals surface area (Å²) in [7, 11) is 0.